The number of benzene rings is 1. The van der Waals surface area contributed by atoms with Crippen molar-refractivity contribution < 1.29 is 9.53 Å². The first-order chi connectivity index (χ1) is 9.83. The van der Waals surface area contributed by atoms with Crippen LogP contribution in [0.4, 0.5) is 0 Å². The molecular formula is C15H17N3O2. The van der Waals surface area contributed by atoms with E-state index in [2.05, 4.69) is 10.4 Å². The Morgan fingerprint density at radius 3 is 3.15 bits per heavy atom. The number of aromatic nitrogens is 2. The van der Waals surface area contributed by atoms with Crippen LogP contribution < -0.4 is 10.1 Å². The van der Waals surface area contributed by atoms with Gasteiger partial charge in [0.15, 0.2) is 0 Å². The van der Waals surface area contributed by atoms with E-state index in [1.807, 2.05) is 36.5 Å². The molecule has 0 saturated carbocycles. The summed E-state index contributed by atoms with van der Waals surface area (Å²) in [5, 5.41) is 7.04. The van der Waals surface area contributed by atoms with Crippen molar-refractivity contribution >= 4 is 5.91 Å². The highest BCUT2D eigenvalue weighted by atomic mass is 16.5. The van der Waals surface area contributed by atoms with Crippen molar-refractivity contribution in [1.82, 2.24) is 15.1 Å². The van der Waals surface area contributed by atoms with Gasteiger partial charge >= 0.3 is 0 Å². The summed E-state index contributed by atoms with van der Waals surface area (Å²) in [4.78, 5) is 12.1. The molecule has 1 atom stereocenters. The van der Waals surface area contributed by atoms with Gasteiger partial charge in [-0.3, -0.25) is 9.48 Å². The molecule has 1 aliphatic heterocycles. The lowest BCUT2D eigenvalue weighted by atomic mass is 9.96. The van der Waals surface area contributed by atoms with E-state index >= 15 is 0 Å². The first-order valence-corrected chi connectivity index (χ1v) is 6.79. The highest BCUT2D eigenvalue weighted by molar-refractivity contribution is 5.79. The summed E-state index contributed by atoms with van der Waals surface area (Å²) in [5.41, 5.74) is 1.10. The van der Waals surface area contributed by atoms with E-state index in [4.69, 9.17) is 4.74 Å². The molecule has 0 saturated heterocycles. The van der Waals surface area contributed by atoms with E-state index in [-0.39, 0.29) is 11.8 Å². The monoisotopic (exact) mass is 271 g/mol. The van der Waals surface area contributed by atoms with Crippen LogP contribution in [0.1, 0.15) is 5.56 Å². The summed E-state index contributed by atoms with van der Waals surface area (Å²) in [6.07, 6.45) is 4.35. The minimum Gasteiger partial charge on any atom is -0.492 e. The summed E-state index contributed by atoms with van der Waals surface area (Å²) in [5.74, 6) is 0.835. The van der Waals surface area contributed by atoms with Crippen LogP contribution in [0.3, 0.4) is 0 Å². The van der Waals surface area contributed by atoms with Crippen LogP contribution in [0.5, 0.6) is 5.75 Å². The molecule has 1 N–H and O–H groups in total. The molecule has 0 radical (unpaired) electrons. The SMILES string of the molecule is O=C(NCCn1cccn1)C1COc2ccccc2C1. The van der Waals surface area contributed by atoms with Crippen LogP contribution in [0.25, 0.3) is 0 Å². The van der Waals surface area contributed by atoms with Gasteiger partial charge in [0.2, 0.25) is 5.91 Å². The zero-order valence-electron chi connectivity index (χ0n) is 11.2. The highest BCUT2D eigenvalue weighted by Gasteiger charge is 2.25. The normalized spacial score (nSPS) is 17.1. The number of nitrogens with one attached hydrogen (secondary N) is 1. The van der Waals surface area contributed by atoms with Gasteiger partial charge in [0.1, 0.15) is 12.4 Å². The summed E-state index contributed by atoms with van der Waals surface area (Å²) < 4.78 is 7.43. The van der Waals surface area contributed by atoms with Crippen molar-refractivity contribution in [2.24, 2.45) is 5.92 Å². The molecule has 2 aromatic rings. The Kier molecular flexibility index (Phi) is 3.67. The van der Waals surface area contributed by atoms with E-state index in [9.17, 15) is 4.79 Å². The summed E-state index contributed by atoms with van der Waals surface area (Å²) >= 11 is 0. The van der Waals surface area contributed by atoms with Crippen molar-refractivity contribution in [2.45, 2.75) is 13.0 Å². The van der Waals surface area contributed by atoms with Gasteiger partial charge in [0.25, 0.3) is 0 Å². The lowest BCUT2D eigenvalue weighted by Gasteiger charge is -2.24. The molecule has 0 aliphatic carbocycles. The second kappa shape index (κ2) is 5.77. The molecule has 1 amide bonds. The molecule has 5 heteroatoms. The zero-order chi connectivity index (χ0) is 13.8. The van der Waals surface area contributed by atoms with Gasteiger partial charge < -0.3 is 10.1 Å². The molecule has 1 aromatic heterocycles. The largest absolute Gasteiger partial charge is 0.492 e. The molecular weight excluding hydrogens is 254 g/mol. The van der Waals surface area contributed by atoms with Gasteiger partial charge in [0, 0.05) is 18.9 Å². The van der Waals surface area contributed by atoms with E-state index in [1.54, 1.807) is 10.9 Å². The van der Waals surface area contributed by atoms with Crippen molar-refractivity contribution in [2.75, 3.05) is 13.2 Å². The Hall–Kier alpha value is -2.30. The molecule has 1 unspecified atom stereocenters. The van der Waals surface area contributed by atoms with E-state index in [0.29, 0.717) is 19.7 Å². The topological polar surface area (TPSA) is 56.2 Å². The molecule has 3 rings (SSSR count). The lowest BCUT2D eigenvalue weighted by molar-refractivity contribution is -0.126. The maximum atomic E-state index is 12.1. The van der Waals surface area contributed by atoms with Gasteiger partial charge in [0.05, 0.1) is 12.5 Å². The smallest absolute Gasteiger partial charge is 0.226 e. The summed E-state index contributed by atoms with van der Waals surface area (Å²) in [6, 6.07) is 9.75. The fraction of sp³-hybridized carbons (Fsp3) is 0.333. The third kappa shape index (κ3) is 2.82. The number of hydrogen-bond acceptors (Lipinski definition) is 3. The number of fused-ring (bicyclic) bond motifs is 1. The van der Waals surface area contributed by atoms with Crippen LogP contribution in [0.2, 0.25) is 0 Å². The Morgan fingerprint density at radius 1 is 1.40 bits per heavy atom. The number of amides is 1. The second-order valence-corrected chi connectivity index (χ2v) is 4.88. The standard InChI is InChI=1S/C15H17N3O2/c19-15(16-7-9-18-8-3-6-17-18)13-10-12-4-1-2-5-14(12)20-11-13/h1-6,8,13H,7,9-11H2,(H,16,19). The molecule has 0 fully saturated rings. The number of hydrogen-bond donors (Lipinski definition) is 1. The Bertz CT molecular complexity index is 581. The van der Waals surface area contributed by atoms with Crippen LogP contribution >= 0.6 is 0 Å². The number of carbonyl (C=O) groups excluding carboxylic acids is 1. The predicted octanol–water partition coefficient (Wildman–Crippen LogP) is 1.25. The average molecular weight is 271 g/mol. The molecule has 0 bridgehead atoms. The summed E-state index contributed by atoms with van der Waals surface area (Å²) in [6.45, 7) is 1.71. The zero-order valence-corrected chi connectivity index (χ0v) is 11.2. The number of carbonyl (C=O) groups is 1. The Morgan fingerprint density at radius 2 is 2.30 bits per heavy atom. The van der Waals surface area contributed by atoms with Crippen molar-refractivity contribution in [3.8, 4) is 5.75 Å². The Labute approximate surface area is 117 Å². The maximum Gasteiger partial charge on any atom is 0.226 e. The third-order valence-corrected chi connectivity index (χ3v) is 3.45. The number of para-hydroxylation sites is 1. The van der Waals surface area contributed by atoms with Gasteiger partial charge in [-0.25, -0.2) is 0 Å². The average Bonchev–Trinajstić information content (AvgIpc) is 3.00. The lowest BCUT2D eigenvalue weighted by Crippen LogP contribution is -2.38. The van der Waals surface area contributed by atoms with Crippen molar-refractivity contribution in [1.29, 1.82) is 0 Å². The maximum absolute atomic E-state index is 12.1. The van der Waals surface area contributed by atoms with Crippen molar-refractivity contribution in [3.05, 3.63) is 48.3 Å². The number of ether oxygens (including phenoxy) is 1. The molecule has 104 valence electrons. The van der Waals surface area contributed by atoms with Gasteiger partial charge in [-0.2, -0.15) is 5.10 Å². The van der Waals surface area contributed by atoms with Gasteiger partial charge in [-0.15, -0.1) is 0 Å². The molecule has 0 spiro atoms. The number of nitrogens with zero attached hydrogens (tertiary/aromatic N) is 2. The first-order valence-electron chi connectivity index (χ1n) is 6.79. The number of rotatable bonds is 4. The van der Waals surface area contributed by atoms with E-state index < -0.39 is 0 Å². The highest BCUT2D eigenvalue weighted by Crippen LogP contribution is 2.26. The minimum atomic E-state index is -0.109. The minimum absolute atomic E-state index is 0.0478. The van der Waals surface area contributed by atoms with E-state index in [0.717, 1.165) is 17.7 Å². The predicted molar refractivity (Wildman–Crippen MR) is 74.4 cm³/mol. The first kappa shape index (κ1) is 12.7. The quantitative estimate of drug-likeness (QED) is 0.910. The second-order valence-electron chi connectivity index (χ2n) is 4.88. The van der Waals surface area contributed by atoms with Crippen LogP contribution in [0.15, 0.2) is 42.7 Å². The molecule has 5 nitrogen and oxygen atoms in total. The fourth-order valence-electron chi connectivity index (χ4n) is 2.37. The van der Waals surface area contributed by atoms with Gasteiger partial charge in [-0.05, 0) is 24.1 Å². The molecule has 2 heterocycles. The van der Waals surface area contributed by atoms with Crippen molar-refractivity contribution in [3.63, 3.8) is 0 Å². The summed E-state index contributed by atoms with van der Waals surface area (Å²) in [7, 11) is 0. The molecule has 1 aliphatic rings. The van der Waals surface area contributed by atoms with Crippen LogP contribution in [-0.4, -0.2) is 28.8 Å². The molecule has 1 aromatic carbocycles. The third-order valence-electron chi connectivity index (χ3n) is 3.45. The Balaban J connectivity index is 1.51. The van der Waals surface area contributed by atoms with Crippen LogP contribution in [-0.2, 0) is 17.8 Å². The fourth-order valence-corrected chi connectivity index (χ4v) is 2.37. The van der Waals surface area contributed by atoms with E-state index in [1.165, 1.54) is 0 Å². The van der Waals surface area contributed by atoms with Crippen LogP contribution in [0, 0.1) is 5.92 Å². The molecule has 20 heavy (non-hydrogen) atoms. The van der Waals surface area contributed by atoms with Gasteiger partial charge in [-0.1, -0.05) is 18.2 Å².